The predicted molar refractivity (Wildman–Crippen MR) is 70.5 cm³/mol. The lowest BCUT2D eigenvalue weighted by atomic mass is 10.1. The number of benzene rings is 1. The zero-order chi connectivity index (χ0) is 11.8. The molecule has 2 N–H and O–H groups in total. The molecule has 2 heteroatoms. The Kier molecular flexibility index (Phi) is 6.12. The number of hydrogen-bond acceptors (Lipinski definition) is 2. The topological polar surface area (TPSA) is 29.3 Å². The highest BCUT2D eigenvalue weighted by Gasteiger charge is 2.07. The molecule has 0 spiro atoms. The van der Waals surface area contributed by atoms with E-state index in [2.05, 4.69) is 43.1 Å². The fourth-order valence-electron chi connectivity index (χ4n) is 1.90. The van der Waals surface area contributed by atoms with E-state index in [1.54, 1.807) is 0 Å². The Labute approximate surface area is 99.5 Å². The van der Waals surface area contributed by atoms with Gasteiger partial charge in [-0.15, -0.1) is 0 Å². The molecule has 0 aliphatic carbocycles. The zero-order valence-corrected chi connectivity index (χ0v) is 10.5. The van der Waals surface area contributed by atoms with Gasteiger partial charge in [-0.2, -0.15) is 0 Å². The van der Waals surface area contributed by atoms with Gasteiger partial charge in [-0.1, -0.05) is 43.7 Å². The van der Waals surface area contributed by atoms with Crippen LogP contribution in [0.15, 0.2) is 30.3 Å². The van der Waals surface area contributed by atoms with Crippen LogP contribution in [0.4, 0.5) is 0 Å². The Hall–Kier alpha value is -0.860. The summed E-state index contributed by atoms with van der Waals surface area (Å²) in [6, 6.07) is 10.7. The van der Waals surface area contributed by atoms with Crippen molar-refractivity contribution in [2.75, 3.05) is 20.1 Å². The van der Waals surface area contributed by atoms with Gasteiger partial charge in [0, 0.05) is 12.6 Å². The van der Waals surface area contributed by atoms with E-state index in [-0.39, 0.29) is 6.04 Å². The lowest BCUT2D eigenvalue weighted by molar-refractivity contribution is 0.305. The van der Waals surface area contributed by atoms with E-state index < -0.39 is 0 Å². The molecule has 1 rings (SSSR count). The van der Waals surface area contributed by atoms with Crippen molar-refractivity contribution in [3.8, 4) is 0 Å². The van der Waals surface area contributed by atoms with E-state index >= 15 is 0 Å². The Bertz CT molecular complexity index is 271. The monoisotopic (exact) mass is 220 g/mol. The summed E-state index contributed by atoms with van der Waals surface area (Å²) in [6.45, 7) is 4.35. The average molecular weight is 220 g/mol. The quantitative estimate of drug-likeness (QED) is 0.764. The molecule has 16 heavy (non-hydrogen) atoms. The first-order valence-electron chi connectivity index (χ1n) is 6.20. The Balaban J connectivity index is 2.27. The Morgan fingerprint density at radius 3 is 2.56 bits per heavy atom. The van der Waals surface area contributed by atoms with Gasteiger partial charge in [0.05, 0.1) is 0 Å². The summed E-state index contributed by atoms with van der Waals surface area (Å²) in [4.78, 5) is 2.33. The minimum Gasteiger partial charge on any atom is -0.326 e. The van der Waals surface area contributed by atoms with Gasteiger partial charge in [0.15, 0.2) is 0 Å². The van der Waals surface area contributed by atoms with E-state index in [9.17, 15) is 0 Å². The van der Waals surface area contributed by atoms with Crippen LogP contribution in [0.2, 0.25) is 0 Å². The second-order valence-corrected chi connectivity index (χ2v) is 4.57. The molecule has 1 unspecified atom stereocenters. The van der Waals surface area contributed by atoms with Crippen molar-refractivity contribution in [1.29, 1.82) is 0 Å². The first-order chi connectivity index (χ1) is 7.72. The molecular weight excluding hydrogens is 196 g/mol. The van der Waals surface area contributed by atoms with Crippen LogP contribution in [0, 0.1) is 0 Å². The highest BCUT2D eigenvalue weighted by atomic mass is 15.1. The van der Waals surface area contributed by atoms with E-state index in [0.717, 1.165) is 19.5 Å². The van der Waals surface area contributed by atoms with Gasteiger partial charge in [-0.25, -0.2) is 0 Å². The van der Waals surface area contributed by atoms with Crippen molar-refractivity contribution in [1.82, 2.24) is 4.90 Å². The fourth-order valence-corrected chi connectivity index (χ4v) is 1.90. The summed E-state index contributed by atoms with van der Waals surface area (Å²) in [7, 11) is 2.15. The largest absolute Gasteiger partial charge is 0.326 e. The summed E-state index contributed by atoms with van der Waals surface area (Å²) in [6.07, 6.45) is 3.48. The number of rotatable bonds is 7. The van der Waals surface area contributed by atoms with Gasteiger partial charge >= 0.3 is 0 Å². The molecule has 1 aromatic carbocycles. The Morgan fingerprint density at radius 2 is 1.94 bits per heavy atom. The molecule has 0 saturated heterocycles. The number of nitrogens with two attached hydrogens (primary N) is 1. The second kappa shape index (κ2) is 7.42. The minimum absolute atomic E-state index is 0.240. The molecule has 0 radical (unpaired) electrons. The maximum Gasteiger partial charge on any atom is 0.0208 e. The lowest BCUT2D eigenvalue weighted by Gasteiger charge is -2.21. The molecule has 0 bridgehead atoms. The molecule has 0 fully saturated rings. The summed E-state index contributed by atoms with van der Waals surface area (Å²) >= 11 is 0. The van der Waals surface area contributed by atoms with Gasteiger partial charge in [0.1, 0.15) is 0 Å². The van der Waals surface area contributed by atoms with Crippen LogP contribution >= 0.6 is 0 Å². The summed E-state index contributed by atoms with van der Waals surface area (Å²) in [5, 5.41) is 0. The Morgan fingerprint density at radius 1 is 1.25 bits per heavy atom. The lowest BCUT2D eigenvalue weighted by Crippen LogP contribution is -2.37. The maximum atomic E-state index is 6.14. The number of likely N-dealkylation sites (N-methyl/N-ethyl adjacent to an activating group) is 1. The van der Waals surface area contributed by atoms with E-state index in [1.165, 1.54) is 18.4 Å². The highest BCUT2D eigenvalue weighted by molar-refractivity contribution is 5.15. The van der Waals surface area contributed by atoms with E-state index in [1.807, 2.05) is 6.07 Å². The van der Waals surface area contributed by atoms with Crippen molar-refractivity contribution in [2.45, 2.75) is 32.2 Å². The standard InChI is InChI=1S/C14H24N2/c1-3-4-10-16(2)12-14(15)11-13-8-6-5-7-9-13/h5-9,14H,3-4,10-12,15H2,1-2H3. The maximum absolute atomic E-state index is 6.14. The molecule has 2 nitrogen and oxygen atoms in total. The SMILES string of the molecule is CCCCN(C)CC(N)Cc1ccccc1. The summed E-state index contributed by atoms with van der Waals surface area (Å²) < 4.78 is 0. The van der Waals surface area contributed by atoms with Gasteiger partial charge in [-0.3, -0.25) is 0 Å². The van der Waals surface area contributed by atoms with Gasteiger partial charge in [0.25, 0.3) is 0 Å². The van der Waals surface area contributed by atoms with Gasteiger partial charge in [-0.05, 0) is 32.0 Å². The molecule has 0 saturated carbocycles. The van der Waals surface area contributed by atoms with Crippen molar-refractivity contribution in [3.05, 3.63) is 35.9 Å². The summed E-state index contributed by atoms with van der Waals surface area (Å²) in [5.41, 5.74) is 7.47. The minimum atomic E-state index is 0.240. The average Bonchev–Trinajstić information content (AvgIpc) is 2.27. The smallest absolute Gasteiger partial charge is 0.0208 e. The first-order valence-corrected chi connectivity index (χ1v) is 6.20. The normalized spacial score (nSPS) is 13.0. The fraction of sp³-hybridized carbons (Fsp3) is 0.571. The molecule has 90 valence electrons. The number of nitrogens with zero attached hydrogens (tertiary/aromatic N) is 1. The predicted octanol–water partition coefficient (Wildman–Crippen LogP) is 2.29. The molecule has 0 aliphatic rings. The molecule has 0 heterocycles. The van der Waals surface area contributed by atoms with Crippen molar-refractivity contribution >= 4 is 0 Å². The second-order valence-electron chi connectivity index (χ2n) is 4.57. The van der Waals surface area contributed by atoms with Crippen LogP contribution in [0.25, 0.3) is 0 Å². The zero-order valence-electron chi connectivity index (χ0n) is 10.5. The molecule has 0 aliphatic heterocycles. The number of unbranched alkanes of at least 4 members (excludes halogenated alkanes) is 1. The van der Waals surface area contributed by atoms with Crippen molar-refractivity contribution in [3.63, 3.8) is 0 Å². The van der Waals surface area contributed by atoms with E-state index in [4.69, 9.17) is 5.73 Å². The molecule has 0 amide bonds. The van der Waals surface area contributed by atoms with Crippen molar-refractivity contribution < 1.29 is 0 Å². The highest BCUT2D eigenvalue weighted by Crippen LogP contribution is 2.03. The van der Waals surface area contributed by atoms with Gasteiger partial charge < -0.3 is 10.6 Å². The van der Waals surface area contributed by atoms with Crippen LogP contribution in [-0.2, 0) is 6.42 Å². The molecular formula is C14H24N2. The van der Waals surface area contributed by atoms with Crippen LogP contribution in [-0.4, -0.2) is 31.1 Å². The molecule has 1 atom stereocenters. The van der Waals surface area contributed by atoms with Crippen molar-refractivity contribution in [2.24, 2.45) is 5.73 Å². The first kappa shape index (κ1) is 13.2. The van der Waals surface area contributed by atoms with E-state index in [0.29, 0.717) is 0 Å². The van der Waals surface area contributed by atoms with Crippen LogP contribution in [0.3, 0.4) is 0 Å². The third kappa shape index (κ3) is 5.29. The third-order valence-electron chi connectivity index (χ3n) is 2.78. The molecule has 0 aromatic heterocycles. The third-order valence-corrected chi connectivity index (χ3v) is 2.78. The van der Waals surface area contributed by atoms with Gasteiger partial charge in [0.2, 0.25) is 0 Å². The van der Waals surface area contributed by atoms with Crippen LogP contribution < -0.4 is 5.73 Å². The summed E-state index contributed by atoms with van der Waals surface area (Å²) in [5.74, 6) is 0. The van der Waals surface area contributed by atoms with Crippen LogP contribution in [0.1, 0.15) is 25.3 Å². The number of hydrogen-bond donors (Lipinski definition) is 1. The molecule has 1 aromatic rings. The van der Waals surface area contributed by atoms with Crippen LogP contribution in [0.5, 0.6) is 0 Å².